The Kier molecular flexibility index (Phi) is 3.85. The molecular weight excluding hydrogens is 338 g/mol. The molecule has 1 aromatic heterocycles. The highest BCUT2D eigenvalue weighted by Crippen LogP contribution is 2.34. The quantitative estimate of drug-likeness (QED) is 0.615. The predicted molar refractivity (Wildman–Crippen MR) is 93.1 cm³/mol. The van der Waals surface area contributed by atoms with Crippen LogP contribution in [0.4, 0.5) is 10.5 Å². The molecule has 0 saturated carbocycles. The molecule has 0 atom stereocenters. The number of hydrazine groups is 1. The molecule has 4 rings (SSSR count). The molecular formula is C18H15N3O5. The van der Waals surface area contributed by atoms with Crippen molar-refractivity contribution >= 4 is 28.6 Å². The van der Waals surface area contributed by atoms with Gasteiger partial charge in [-0.2, -0.15) is 0 Å². The largest absolute Gasteiger partial charge is 0.454 e. The number of urea groups is 1. The standard InChI is InChI=1S/C18H15N3O5/c1-10-12-4-2-3-5-13(12)26-16(10)17(22)20-21-18(23)19-11-6-7-14-15(8-11)25-9-24-14/h2-8H,9H2,1H3,(H,20,22)(H2,19,21,23). The van der Waals surface area contributed by atoms with E-state index < -0.39 is 11.9 Å². The first-order valence-corrected chi connectivity index (χ1v) is 7.87. The second-order valence-corrected chi connectivity index (χ2v) is 5.65. The van der Waals surface area contributed by atoms with Crippen molar-refractivity contribution in [3.63, 3.8) is 0 Å². The van der Waals surface area contributed by atoms with Crippen molar-refractivity contribution < 1.29 is 23.5 Å². The van der Waals surface area contributed by atoms with E-state index in [2.05, 4.69) is 16.2 Å². The molecule has 0 spiro atoms. The Morgan fingerprint density at radius 1 is 1.00 bits per heavy atom. The number of fused-ring (bicyclic) bond motifs is 2. The summed E-state index contributed by atoms with van der Waals surface area (Å²) in [6.45, 7) is 1.94. The van der Waals surface area contributed by atoms with Crippen molar-refractivity contribution in [2.75, 3.05) is 12.1 Å². The number of carbonyl (C=O) groups excluding carboxylic acids is 2. The molecule has 3 N–H and O–H groups in total. The number of hydrogen-bond donors (Lipinski definition) is 3. The monoisotopic (exact) mass is 353 g/mol. The van der Waals surface area contributed by atoms with Crippen LogP contribution in [0.25, 0.3) is 11.0 Å². The van der Waals surface area contributed by atoms with E-state index in [0.29, 0.717) is 28.3 Å². The van der Waals surface area contributed by atoms with Gasteiger partial charge in [0.2, 0.25) is 6.79 Å². The summed E-state index contributed by atoms with van der Waals surface area (Å²) >= 11 is 0. The molecule has 3 aromatic rings. The van der Waals surface area contributed by atoms with Crippen LogP contribution in [0.3, 0.4) is 0 Å². The van der Waals surface area contributed by atoms with Crippen LogP contribution in [0.1, 0.15) is 16.1 Å². The summed E-state index contributed by atoms with van der Waals surface area (Å²) in [5, 5.41) is 3.44. The molecule has 26 heavy (non-hydrogen) atoms. The number of carbonyl (C=O) groups is 2. The lowest BCUT2D eigenvalue weighted by atomic mass is 10.1. The maximum Gasteiger partial charge on any atom is 0.337 e. The Labute approximate surface area is 148 Å². The maximum atomic E-state index is 12.3. The van der Waals surface area contributed by atoms with Gasteiger partial charge in [0.1, 0.15) is 5.58 Å². The summed E-state index contributed by atoms with van der Waals surface area (Å²) in [4.78, 5) is 24.2. The van der Waals surface area contributed by atoms with Gasteiger partial charge in [-0.05, 0) is 25.1 Å². The van der Waals surface area contributed by atoms with Gasteiger partial charge in [0.15, 0.2) is 17.3 Å². The first-order chi connectivity index (χ1) is 12.6. The van der Waals surface area contributed by atoms with Crippen molar-refractivity contribution in [3.05, 3.63) is 53.8 Å². The number of anilines is 1. The van der Waals surface area contributed by atoms with E-state index in [1.54, 1.807) is 31.2 Å². The predicted octanol–water partition coefficient (Wildman–Crippen LogP) is 2.94. The van der Waals surface area contributed by atoms with Crippen LogP contribution in [0, 0.1) is 6.92 Å². The third-order valence-corrected chi connectivity index (χ3v) is 3.97. The average molecular weight is 353 g/mol. The number of nitrogens with one attached hydrogen (secondary N) is 3. The summed E-state index contributed by atoms with van der Waals surface area (Å²) in [6.07, 6.45) is 0. The fourth-order valence-electron chi connectivity index (χ4n) is 2.70. The minimum atomic E-state index is -0.606. The van der Waals surface area contributed by atoms with Crippen molar-refractivity contribution in [2.45, 2.75) is 6.92 Å². The van der Waals surface area contributed by atoms with Gasteiger partial charge in [0, 0.05) is 22.7 Å². The van der Waals surface area contributed by atoms with Crippen LogP contribution in [0.2, 0.25) is 0 Å². The highest BCUT2D eigenvalue weighted by molar-refractivity contribution is 6.00. The molecule has 0 aliphatic carbocycles. The van der Waals surface area contributed by atoms with Gasteiger partial charge in [0.25, 0.3) is 0 Å². The Morgan fingerprint density at radius 3 is 2.65 bits per heavy atom. The van der Waals surface area contributed by atoms with Crippen LogP contribution < -0.4 is 25.6 Å². The third-order valence-electron chi connectivity index (χ3n) is 3.97. The molecule has 3 amide bonds. The van der Waals surface area contributed by atoms with Gasteiger partial charge in [-0.3, -0.25) is 10.2 Å². The van der Waals surface area contributed by atoms with E-state index in [9.17, 15) is 9.59 Å². The lowest BCUT2D eigenvalue weighted by Crippen LogP contribution is -2.44. The van der Waals surface area contributed by atoms with Gasteiger partial charge in [0.05, 0.1) is 0 Å². The second-order valence-electron chi connectivity index (χ2n) is 5.65. The highest BCUT2D eigenvalue weighted by atomic mass is 16.7. The molecule has 2 aromatic carbocycles. The molecule has 8 heteroatoms. The molecule has 1 aliphatic heterocycles. The lowest BCUT2D eigenvalue weighted by molar-refractivity contribution is 0.0911. The van der Waals surface area contributed by atoms with Crippen LogP contribution in [0.5, 0.6) is 11.5 Å². The summed E-state index contributed by atoms with van der Waals surface area (Å²) < 4.78 is 16.0. The molecule has 0 fully saturated rings. The Balaban J connectivity index is 1.39. The topological polar surface area (TPSA) is 102 Å². The zero-order chi connectivity index (χ0) is 18.1. The summed E-state index contributed by atoms with van der Waals surface area (Å²) in [5.74, 6) is 0.767. The number of furan rings is 1. The molecule has 132 valence electrons. The number of benzene rings is 2. The van der Waals surface area contributed by atoms with Crippen LogP contribution in [-0.2, 0) is 0 Å². The Morgan fingerprint density at radius 2 is 1.81 bits per heavy atom. The summed E-state index contributed by atoms with van der Waals surface area (Å²) in [6, 6.07) is 11.7. The smallest absolute Gasteiger partial charge is 0.337 e. The first-order valence-electron chi connectivity index (χ1n) is 7.87. The van der Waals surface area contributed by atoms with Crippen LogP contribution in [0.15, 0.2) is 46.9 Å². The van der Waals surface area contributed by atoms with Crippen molar-refractivity contribution in [3.8, 4) is 11.5 Å². The normalized spacial score (nSPS) is 12.0. The van der Waals surface area contributed by atoms with Gasteiger partial charge in [-0.15, -0.1) is 0 Å². The average Bonchev–Trinajstić information content (AvgIpc) is 3.24. The Hall–Kier alpha value is -3.68. The highest BCUT2D eigenvalue weighted by Gasteiger charge is 2.18. The van der Waals surface area contributed by atoms with Gasteiger partial charge in [-0.1, -0.05) is 18.2 Å². The molecule has 0 unspecified atom stereocenters. The van der Waals surface area contributed by atoms with Crippen molar-refractivity contribution in [1.29, 1.82) is 0 Å². The van der Waals surface area contributed by atoms with E-state index in [0.717, 1.165) is 5.39 Å². The molecule has 0 bridgehead atoms. The van der Waals surface area contributed by atoms with E-state index in [-0.39, 0.29) is 12.6 Å². The number of aryl methyl sites for hydroxylation is 1. The van der Waals surface area contributed by atoms with Gasteiger partial charge >= 0.3 is 11.9 Å². The summed E-state index contributed by atoms with van der Waals surface area (Å²) in [5.41, 5.74) is 6.43. The minimum absolute atomic E-state index is 0.148. The molecule has 0 radical (unpaired) electrons. The van der Waals surface area contributed by atoms with Crippen LogP contribution in [-0.4, -0.2) is 18.7 Å². The molecule has 1 aliphatic rings. The van der Waals surface area contributed by atoms with Gasteiger partial charge < -0.3 is 19.2 Å². The Bertz CT molecular complexity index is 1010. The molecule has 2 heterocycles. The van der Waals surface area contributed by atoms with E-state index in [4.69, 9.17) is 13.9 Å². The van der Waals surface area contributed by atoms with Crippen molar-refractivity contribution in [2.24, 2.45) is 0 Å². The number of hydrogen-bond acceptors (Lipinski definition) is 5. The zero-order valence-electron chi connectivity index (χ0n) is 13.8. The number of ether oxygens (including phenoxy) is 2. The fourth-order valence-corrected chi connectivity index (χ4v) is 2.70. The van der Waals surface area contributed by atoms with E-state index in [1.807, 2.05) is 18.2 Å². The zero-order valence-corrected chi connectivity index (χ0v) is 13.8. The van der Waals surface area contributed by atoms with Crippen LogP contribution >= 0.6 is 0 Å². The van der Waals surface area contributed by atoms with Gasteiger partial charge in [-0.25, -0.2) is 10.2 Å². The summed E-state index contributed by atoms with van der Waals surface area (Å²) in [7, 11) is 0. The first kappa shape index (κ1) is 15.8. The lowest BCUT2D eigenvalue weighted by Gasteiger charge is -2.09. The van der Waals surface area contributed by atoms with E-state index >= 15 is 0 Å². The molecule has 8 nitrogen and oxygen atoms in total. The third kappa shape index (κ3) is 2.88. The minimum Gasteiger partial charge on any atom is -0.454 e. The van der Waals surface area contributed by atoms with Crippen molar-refractivity contribution in [1.82, 2.24) is 10.9 Å². The molecule has 0 saturated heterocycles. The number of para-hydroxylation sites is 1. The maximum absolute atomic E-state index is 12.3. The number of rotatable bonds is 2. The van der Waals surface area contributed by atoms with E-state index in [1.165, 1.54) is 0 Å². The SMILES string of the molecule is Cc1c(C(=O)NNC(=O)Nc2ccc3c(c2)OCO3)oc2ccccc12. The fraction of sp³-hybridized carbons (Fsp3) is 0.111. The second kappa shape index (κ2) is 6.32. The number of amides is 3.